The molecule has 1 fully saturated rings. The van der Waals surface area contributed by atoms with Gasteiger partial charge in [0, 0.05) is 17.2 Å². The molecule has 1 aromatic heterocycles. The van der Waals surface area contributed by atoms with E-state index >= 15 is 0 Å². The molecule has 0 amide bonds. The van der Waals surface area contributed by atoms with Crippen LogP contribution in [0.5, 0.6) is 23.0 Å². The van der Waals surface area contributed by atoms with Gasteiger partial charge in [-0.15, -0.1) is 0 Å². The molecule has 0 aliphatic carbocycles. The maximum absolute atomic E-state index is 13.5. The molecule has 0 radical (unpaired) electrons. The second-order valence-corrected chi connectivity index (χ2v) is 8.28. The van der Waals surface area contributed by atoms with Gasteiger partial charge in [0.25, 0.3) is 0 Å². The monoisotopic (exact) mass is 506 g/mol. The lowest BCUT2D eigenvalue weighted by atomic mass is 9.98. The van der Waals surface area contributed by atoms with Crippen LogP contribution in [0.3, 0.4) is 0 Å². The van der Waals surface area contributed by atoms with Gasteiger partial charge in [-0.2, -0.15) is 0 Å². The minimum Gasteiger partial charge on any atom is -0.507 e. The van der Waals surface area contributed by atoms with E-state index in [1.54, 1.807) is 6.92 Å². The van der Waals surface area contributed by atoms with Gasteiger partial charge in [-0.3, -0.25) is 4.79 Å². The Hall–Kier alpha value is -3.39. The van der Waals surface area contributed by atoms with Gasteiger partial charge in [0.2, 0.25) is 11.7 Å². The van der Waals surface area contributed by atoms with E-state index < -0.39 is 60.8 Å². The second-order valence-electron chi connectivity index (χ2n) is 8.28. The lowest BCUT2D eigenvalue weighted by Gasteiger charge is -2.39. The van der Waals surface area contributed by atoms with Crippen LogP contribution in [0.4, 0.5) is 0 Å². The number of hydrogen-bond donors (Lipinski definition) is 7. The summed E-state index contributed by atoms with van der Waals surface area (Å²) in [5, 5.41) is 70.9. The van der Waals surface area contributed by atoms with Gasteiger partial charge in [-0.05, 0) is 13.0 Å². The van der Waals surface area contributed by atoms with Gasteiger partial charge in [0.15, 0.2) is 11.5 Å². The molecule has 194 valence electrons. The van der Waals surface area contributed by atoms with Crippen LogP contribution in [0, 0.1) is 6.92 Å². The van der Waals surface area contributed by atoms with Crippen molar-refractivity contribution >= 4 is 11.0 Å². The van der Waals surface area contributed by atoms with Crippen molar-refractivity contribution in [3.05, 3.63) is 45.8 Å². The Balaban J connectivity index is 1.83. The minimum atomic E-state index is -1.74. The highest BCUT2D eigenvalue weighted by Gasteiger charge is 2.45. The molecule has 0 saturated carbocycles. The third-order valence-corrected chi connectivity index (χ3v) is 6.16. The summed E-state index contributed by atoms with van der Waals surface area (Å²) < 4.78 is 21.7. The number of aliphatic hydroxyl groups is 5. The summed E-state index contributed by atoms with van der Waals surface area (Å²) in [6.45, 7) is 0.135. The van der Waals surface area contributed by atoms with Crippen molar-refractivity contribution in [3.8, 4) is 34.1 Å². The molecule has 2 aromatic carbocycles. The number of rotatable bonds is 6. The summed E-state index contributed by atoms with van der Waals surface area (Å²) in [7, 11) is 1.38. The normalized spacial score (nSPS) is 24.1. The number of hydrogen-bond acceptors (Lipinski definition) is 12. The third-order valence-electron chi connectivity index (χ3n) is 6.16. The van der Waals surface area contributed by atoms with E-state index in [9.17, 15) is 40.5 Å². The number of methoxy groups -OCH3 is 1. The summed E-state index contributed by atoms with van der Waals surface area (Å²) >= 11 is 0. The smallest absolute Gasteiger partial charge is 0.229 e. The number of fused-ring (bicyclic) bond motifs is 1. The molecule has 1 aliphatic heterocycles. The van der Waals surface area contributed by atoms with Crippen LogP contribution in [0.1, 0.15) is 11.3 Å². The number of phenols is 2. The van der Waals surface area contributed by atoms with Crippen molar-refractivity contribution < 1.29 is 54.4 Å². The fraction of sp³-hybridized carbons (Fsp3) is 0.375. The lowest BCUT2D eigenvalue weighted by molar-refractivity contribution is -0.277. The van der Waals surface area contributed by atoms with E-state index in [2.05, 4.69) is 0 Å². The average Bonchev–Trinajstić information content (AvgIpc) is 2.87. The first-order valence-corrected chi connectivity index (χ1v) is 10.9. The van der Waals surface area contributed by atoms with Crippen molar-refractivity contribution in [3.63, 3.8) is 0 Å². The van der Waals surface area contributed by atoms with Crippen LogP contribution < -0.4 is 14.9 Å². The van der Waals surface area contributed by atoms with Crippen LogP contribution >= 0.6 is 0 Å². The van der Waals surface area contributed by atoms with Crippen molar-refractivity contribution in [2.45, 2.75) is 44.2 Å². The maximum atomic E-state index is 13.5. The first-order chi connectivity index (χ1) is 17.1. The largest absolute Gasteiger partial charge is 0.507 e. The summed E-state index contributed by atoms with van der Waals surface area (Å²) in [4.78, 5) is 13.5. The Morgan fingerprint density at radius 2 is 1.72 bits per heavy atom. The van der Waals surface area contributed by atoms with E-state index in [0.29, 0.717) is 0 Å². The summed E-state index contributed by atoms with van der Waals surface area (Å²) in [6, 6.07) is 5.43. The van der Waals surface area contributed by atoms with E-state index in [4.69, 9.17) is 18.6 Å². The molecular formula is C24H26O12. The zero-order valence-corrected chi connectivity index (χ0v) is 19.3. The van der Waals surface area contributed by atoms with Crippen LogP contribution in [-0.4, -0.2) is 80.2 Å². The number of phenolic OH excluding ortho intramolecular Hbond substituents is 2. The lowest BCUT2D eigenvalue weighted by Crippen LogP contribution is -2.60. The highest BCUT2D eigenvalue weighted by atomic mass is 16.7. The predicted octanol–water partition coefficient (Wildman–Crippen LogP) is -0.141. The van der Waals surface area contributed by atoms with Crippen LogP contribution in [0.25, 0.3) is 22.1 Å². The Morgan fingerprint density at radius 1 is 1.00 bits per heavy atom. The molecule has 4 rings (SSSR count). The Bertz CT molecular complexity index is 1330. The van der Waals surface area contributed by atoms with Gasteiger partial charge < -0.3 is 54.4 Å². The van der Waals surface area contributed by atoms with Gasteiger partial charge in [0.1, 0.15) is 59.3 Å². The number of ether oxygens (including phenoxy) is 3. The molecule has 0 bridgehead atoms. The first kappa shape index (κ1) is 25.7. The standard InChI is InChI=1S/C24H26O12/c1-9-12(33-2)6-13-17(18(9)27)21(30)16(14(7-25)34-13)10-4-3-5-11(19(10)28)35-24-23(32)22(31)20(29)15(8-26)36-24/h3-6,15,20,22-29,31-32H,7-8H2,1-2H3. The molecule has 1 saturated heterocycles. The zero-order chi connectivity index (χ0) is 26.3. The van der Waals surface area contributed by atoms with E-state index in [-0.39, 0.29) is 44.9 Å². The topological polar surface area (TPSA) is 200 Å². The van der Waals surface area contributed by atoms with E-state index in [1.165, 1.54) is 31.4 Å². The summed E-state index contributed by atoms with van der Waals surface area (Å²) in [5.41, 5.74) is -0.875. The third kappa shape index (κ3) is 4.13. The maximum Gasteiger partial charge on any atom is 0.229 e. The molecule has 12 heteroatoms. The summed E-state index contributed by atoms with van der Waals surface area (Å²) in [5.74, 6) is -1.22. The number of benzene rings is 2. The first-order valence-electron chi connectivity index (χ1n) is 10.9. The predicted molar refractivity (Wildman–Crippen MR) is 123 cm³/mol. The fourth-order valence-electron chi connectivity index (χ4n) is 4.16. The summed E-state index contributed by atoms with van der Waals surface area (Å²) in [6.07, 6.45) is -7.88. The molecule has 2 heterocycles. The molecule has 3 aromatic rings. The highest BCUT2D eigenvalue weighted by molar-refractivity contribution is 5.91. The van der Waals surface area contributed by atoms with Crippen LogP contribution in [0.15, 0.2) is 33.5 Å². The molecular weight excluding hydrogens is 480 g/mol. The van der Waals surface area contributed by atoms with Crippen LogP contribution in [-0.2, 0) is 11.3 Å². The number of aromatic hydroxyl groups is 2. The van der Waals surface area contributed by atoms with Gasteiger partial charge in [0.05, 0.1) is 19.3 Å². The quantitative estimate of drug-likeness (QED) is 0.234. The molecule has 36 heavy (non-hydrogen) atoms. The Kier molecular flexibility index (Phi) is 7.09. The number of aliphatic hydroxyl groups excluding tert-OH is 5. The molecule has 5 unspecified atom stereocenters. The van der Waals surface area contributed by atoms with Crippen molar-refractivity contribution in [1.82, 2.24) is 0 Å². The molecule has 1 aliphatic rings. The van der Waals surface area contributed by atoms with Crippen LogP contribution in [0.2, 0.25) is 0 Å². The van der Waals surface area contributed by atoms with Crippen molar-refractivity contribution in [1.29, 1.82) is 0 Å². The molecule has 5 atom stereocenters. The SMILES string of the molecule is COc1cc2oc(CO)c(-c3cccc(OC4OC(CO)C(O)C(O)C4O)c3O)c(=O)c2c(O)c1C. The molecule has 7 N–H and O–H groups in total. The van der Waals surface area contributed by atoms with E-state index in [0.717, 1.165) is 0 Å². The molecule has 12 nitrogen and oxygen atoms in total. The zero-order valence-electron chi connectivity index (χ0n) is 19.3. The average molecular weight is 506 g/mol. The highest BCUT2D eigenvalue weighted by Crippen LogP contribution is 2.41. The van der Waals surface area contributed by atoms with E-state index in [1.807, 2.05) is 0 Å². The Labute approximate surface area is 203 Å². The van der Waals surface area contributed by atoms with Crippen molar-refractivity contribution in [2.24, 2.45) is 0 Å². The fourth-order valence-corrected chi connectivity index (χ4v) is 4.16. The Morgan fingerprint density at radius 3 is 2.36 bits per heavy atom. The minimum absolute atomic E-state index is 0.0408. The molecule has 0 spiro atoms. The van der Waals surface area contributed by atoms with Gasteiger partial charge in [-0.1, -0.05) is 12.1 Å². The number of para-hydroxylation sites is 1. The van der Waals surface area contributed by atoms with Crippen molar-refractivity contribution in [2.75, 3.05) is 13.7 Å². The van der Waals surface area contributed by atoms with Gasteiger partial charge >= 0.3 is 0 Å². The second kappa shape index (κ2) is 9.93. The van der Waals surface area contributed by atoms with Gasteiger partial charge in [-0.25, -0.2) is 0 Å².